The molecule has 16 heavy (non-hydrogen) atoms. The molecule has 2 aromatic heterocycles. The molecule has 5 heteroatoms. The summed E-state index contributed by atoms with van der Waals surface area (Å²) in [5.41, 5.74) is -0.0614. The lowest BCUT2D eigenvalue weighted by Crippen LogP contribution is -2.18. The van der Waals surface area contributed by atoms with E-state index >= 15 is 0 Å². The molecule has 0 N–H and O–H groups in total. The van der Waals surface area contributed by atoms with Gasteiger partial charge in [-0.3, -0.25) is 4.79 Å². The Morgan fingerprint density at radius 1 is 1.44 bits per heavy atom. The molecule has 1 fully saturated rings. The van der Waals surface area contributed by atoms with Gasteiger partial charge in [-0.1, -0.05) is 11.2 Å². The topological polar surface area (TPSA) is 60.9 Å². The van der Waals surface area contributed by atoms with E-state index in [1.807, 2.05) is 0 Å². The Morgan fingerprint density at radius 2 is 2.31 bits per heavy atom. The van der Waals surface area contributed by atoms with Gasteiger partial charge in [-0.2, -0.15) is 4.98 Å². The number of aromatic nitrogens is 3. The SMILES string of the molecule is O=c1ccccn1Cc1nc(C2CC2)no1. The van der Waals surface area contributed by atoms with Gasteiger partial charge in [-0.25, -0.2) is 0 Å². The van der Waals surface area contributed by atoms with Crippen LogP contribution < -0.4 is 5.56 Å². The van der Waals surface area contributed by atoms with Gasteiger partial charge in [0.1, 0.15) is 6.54 Å². The Labute approximate surface area is 91.7 Å². The first-order valence-corrected chi connectivity index (χ1v) is 5.31. The van der Waals surface area contributed by atoms with Crippen LogP contribution in [0.5, 0.6) is 0 Å². The lowest BCUT2D eigenvalue weighted by molar-refractivity contribution is 0.365. The summed E-state index contributed by atoms with van der Waals surface area (Å²) in [6.07, 6.45) is 4.00. The molecular formula is C11H11N3O2. The summed E-state index contributed by atoms with van der Waals surface area (Å²) in [6, 6.07) is 5.03. The minimum absolute atomic E-state index is 0.0614. The fourth-order valence-corrected chi connectivity index (χ4v) is 1.58. The lowest BCUT2D eigenvalue weighted by Gasteiger charge is -1.98. The summed E-state index contributed by atoms with van der Waals surface area (Å²) in [7, 11) is 0. The van der Waals surface area contributed by atoms with E-state index < -0.39 is 0 Å². The molecule has 0 aliphatic heterocycles. The molecule has 0 aromatic carbocycles. The molecule has 0 unspecified atom stereocenters. The number of pyridine rings is 1. The Kier molecular flexibility index (Phi) is 2.09. The minimum Gasteiger partial charge on any atom is -0.337 e. The predicted octanol–water partition coefficient (Wildman–Crippen LogP) is 1.16. The van der Waals surface area contributed by atoms with Gasteiger partial charge in [-0.05, 0) is 18.9 Å². The summed E-state index contributed by atoms with van der Waals surface area (Å²) in [5.74, 6) is 1.75. The van der Waals surface area contributed by atoms with E-state index in [1.165, 1.54) is 6.07 Å². The average Bonchev–Trinajstić information content (AvgIpc) is 3.03. The van der Waals surface area contributed by atoms with Crippen molar-refractivity contribution in [2.45, 2.75) is 25.3 Å². The van der Waals surface area contributed by atoms with Crippen LogP contribution in [0.3, 0.4) is 0 Å². The zero-order valence-corrected chi connectivity index (χ0v) is 8.67. The van der Waals surface area contributed by atoms with Crippen molar-refractivity contribution in [1.82, 2.24) is 14.7 Å². The van der Waals surface area contributed by atoms with Crippen molar-refractivity contribution in [2.24, 2.45) is 0 Å². The van der Waals surface area contributed by atoms with Crippen LogP contribution in [-0.2, 0) is 6.54 Å². The highest BCUT2D eigenvalue weighted by Gasteiger charge is 2.28. The highest BCUT2D eigenvalue weighted by atomic mass is 16.5. The number of rotatable bonds is 3. The Morgan fingerprint density at radius 3 is 3.06 bits per heavy atom. The molecule has 0 bridgehead atoms. The van der Waals surface area contributed by atoms with Crippen molar-refractivity contribution < 1.29 is 4.52 Å². The first-order valence-electron chi connectivity index (χ1n) is 5.31. The molecule has 82 valence electrons. The summed E-state index contributed by atoms with van der Waals surface area (Å²) in [6.45, 7) is 0.347. The quantitative estimate of drug-likeness (QED) is 0.773. The van der Waals surface area contributed by atoms with Gasteiger partial charge >= 0.3 is 0 Å². The predicted molar refractivity (Wildman–Crippen MR) is 56.1 cm³/mol. The first-order chi connectivity index (χ1) is 7.83. The summed E-state index contributed by atoms with van der Waals surface area (Å²) in [4.78, 5) is 15.7. The average molecular weight is 217 g/mol. The van der Waals surface area contributed by atoms with Gasteiger partial charge in [0.05, 0.1) is 0 Å². The molecule has 0 spiro atoms. The summed E-state index contributed by atoms with van der Waals surface area (Å²) < 4.78 is 6.65. The minimum atomic E-state index is -0.0614. The van der Waals surface area contributed by atoms with Crippen LogP contribution in [-0.4, -0.2) is 14.7 Å². The lowest BCUT2D eigenvalue weighted by atomic mass is 10.4. The highest BCUT2D eigenvalue weighted by Crippen LogP contribution is 2.38. The van der Waals surface area contributed by atoms with Crippen LogP contribution in [0, 0.1) is 0 Å². The van der Waals surface area contributed by atoms with Crippen LogP contribution in [0.15, 0.2) is 33.7 Å². The maximum atomic E-state index is 11.4. The number of hydrogen-bond donors (Lipinski definition) is 0. The fraction of sp³-hybridized carbons (Fsp3) is 0.364. The normalized spacial score (nSPS) is 15.2. The van der Waals surface area contributed by atoms with E-state index in [1.54, 1.807) is 22.9 Å². The summed E-state index contributed by atoms with van der Waals surface area (Å²) >= 11 is 0. The Balaban J connectivity index is 1.83. The van der Waals surface area contributed by atoms with Gasteiger partial charge in [0.2, 0.25) is 5.89 Å². The molecule has 0 amide bonds. The molecule has 3 rings (SSSR count). The van der Waals surface area contributed by atoms with Gasteiger partial charge < -0.3 is 9.09 Å². The molecule has 1 aliphatic rings. The molecule has 1 aliphatic carbocycles. The standard InChI is InChI=1S/C11H11N3O2/c15-10-3-1-2-6-14(10)7-9-12-11(13-16-9)8-4-5-8/h1-3,6,8H,4-5,7H2. The van der Waals surface area contributed by atoms with Crippen molar-refractivity contribution in [1.29, 1.82) is 0 Å². The van der Waals surface area contributed by atoms with E-state index in [0.29, 0.717) is 18.4 Å². The number of hydrogen-bond acceptors (Lipinski definition) is 4. The molecule has 0 radical (unpaired) electrons. The van der Waals surface area contributed by atoms with Crippen molar-refractivity contribution in [3.8, 4) is 0 Å². The first kappa shape index (κ1) is 9.33. The molecular weight excluding hydrogens is 206 g/mol. The molecule has 1 saturated carbocycles. The third-order valence-electron chi connectivity index (χ3n) is 2.63. The van der Waals surface area contributed by atoms with E-state index in [0.717, 1.165) is 18.7 Å². The van der Waals surface area contributed by atoms with Crippen LogP contribution in [0.1, 0.15) is 30.5 Å². The third kappa shape index (κ3) is 1.76. The largest absolute Gasteiger partial charge is 0.337 e. The van der Waals surface area contributed by atoms with E-state index in [-0.39, 0.29) is 5.56 Å². The van der Waals surface area contributed by atoms with E-state index in [2.05, 4.69) is 10.1 Å². The summed E-state index contributed by atoms with van der Waals surface area (Å²) in [5, 5.41) is 3.90. The van der Waals surface area contributed by atoms with Gasteiger partial charge in [0, 0.05) is 18.2 Å². The van der Waals surface area contributed by atoms with Crippen molar-refractivity contribution >= 4 is 0 Å². The molecule has 2 heterocycles. The fourth-order valence-electron chi connectivity index (χ4n) is 1.58. The van der Waals surface area contributed by atoms with Crippen molar-refractivity contribution in [3.63, 3.8) is 0 Å². The van der Waals surface area contributed by atoms with Crippen LogP contribution in [0.2, 0.25) is 0 Å². The zero-order chi connectivity index (χ0) is 11.0. The maximum Gasteiger partial charge on any atom is 0.250 e. The van der Waals surface area contributed by atoms with Crippen molar-refractivity contribution in [3.05, 3.63) is 46.5 Å². The van der Waals surface area contributed by atoms with Crippen LogP contribution in [0.4, 0.5) is 0 Å². The Hall–Kier alpha value is -1.91. The van der Waals surface area contributed by atoms with E-state index in [4.69, 9.17) is 4.52 Å². The maximum absolute atomic E-state index is 11.4. The molecule has 0 saturated heterocycles. The Bertz CT molecular complexity index is 554. The number of nitrogens with zero attached hydrogens (tertiary/aromatic N) is 3. The highest BCUT2D eigenvalue weighted by molar-refractivity contribution is 5.04. The van der Waals surface area contributed by atoms with Gasteiger partial charge in [0.25, 0.3) is 5.56 Å². The second-order valence-corrected chi connectivity index (χ2v) is 3.99. The third-order valence-corrected chi connectivity index (χ3v) is 2.63. The smallest absolute Gasteiger partial charge is 0.250 e. The van der Waals surface area contributed by atoms with Crippen LogP contribution >= 0.6 is 0 Å². The second kappa shape index (κ2) is 3.59. The van der Waals surface area contributed by atoms with Crippen molar-refractivity contribution in [2.75, 3.05) is 0 Å². The molecule has 5 nitrogen and oxygen atoms in total. The monoisotopic (exact) mass is 217 g/mol. The zero-order valence-electron chi connectivity index (χ0n) is 8.67. The molecule has 0 atom stereocenters. The van der Waals surface area contributed by atoms with Gasteiger partial charge in [-0.15, -0.1) is 0 Å². The van der Waals surface area contributed by atoms with E-state index in [9.17, 15) is 4.79 Å². The second-order valence-electron chi connectivity index (χ2n) is 3.99. The van der Waals surface area contributed by atoms with Crippen LogP contribution in [0.25, 0.3) is 0 Å². The molecule has 2 aromatic rings. The van der Waals surface area contributed by atoms with Gasteiger partial charge in [0.15, 0.2) is 5.82 Å².